The van der Waals surface area contributed by atoms with Crippen LogP contribution in [0.15, 0.2) is 60.9 Å². The van der Waals surface area contributed by atoms with E-state index in [2.05, 4.69) is 16.9 Å². The Hall–Kier alpha value is -4.27. The Morgan fingerprint density at radius 1 is 0.622 bits per heavy atom. The molecule has 0 N–H and O–H groups in total. The molecule has 0 aliphatic carbocycles. The lowest BCUT2D eigenvalue weighted by molar-refractivity contribution is -0.143. The van der Waals surface area contributed by atoms with Crippen LogP contribution in [0.25, 0.3) is 11.3 Å². The highest BCUT2D eigenvalue weighted by Crippen LogP contribution is 2.21. The zero-order valence-corrected chi connectivity index (χ0v) is 26.6. The van der Waals surface area contributed by atoms with Crippen molar-refractivity contribution in [3.63, 3.8) is 0 Å². The van der Waals surface area contributed by atoms with E-state index in [1.807, 2.05) is 24.3 Å². The van der Waals surface area contributed by atoms with Gasteiger partial charge in [-0.05, 0) is 68.3 Å². The predicted molar refractivity (Wildman–Crippen MR) is 172 cm³/mol. The smallest absolute Gasteiger partial charge is 0.363 e. The molecular weight excluding hydrogens is 572 g/mol. The SMILES string of the molecule is CCCCCCCCCCCCOc1ccc(-c2cnc(C(=O)Oc3ccc(C(=O)OCCCC(=O)OCC)cc3)cn2)cc1. The van der Waals surface area contributed by atoms with E-state index >= 15 is 0 Å². The van der Waals surface area contributed by atoms with Gasteiger partial charge < -0.3 is 18.9 Å². The van der Waals surface area contributed by atoms with Crippen molar-refractivity contribution in [3.05, 3.63) is 72.2 Å². The van der Waals surface area contributed by atoms with Crippen molar-refractivity contribution in [3.8, 4) is 22.8 Å². The molecule has 0 bridgehead atoms. The normalized spacial score (nSPS) is 10.7. The molecule has 3 aromatic rings. The van der Waals surface area contributed by atoms with Crippen LogP contribution in [-0.4, -0.2) is 47.7 Å². The molecule has 0 fully saturated rings. The molecule has 0 aliphatic heterocycles. The second-order valence-electron chi connectivity index (χ2n) is 10.8. The predicted octanol–water partition coefficient (Wildman–Crippen LogP) is 8.16. The molecule has 0 atom stereocenters. The van der Waals surface area contributed by atoms with E-state index in [1.165, 1.54) is 94.4 Å². The van der Waals surface area contributed by atoms with Crippen LogP contribution < -0.4 is 9.47 Å². The van der Waals surface area contributed by atoms with Crippen molar-refractivity contribution in [2.24, 2.45) is 0 Å². The highest BCUT2D eigenvalue weighted by Gasteiger charge is 2.14. The number of nitrogens with zero attached hydrogens (tertiary/aromatic N) is 2. The summed E-state index contributed by atoms with van der Waals surface area (Å²) in [6, 6.07) is 13.7. The van der Waals surface area contributed by atoms with E-state index in [0.29, 0.717) is 30.9 Å². The van der Waals surface area contributed by atoms with Crippen LogP contribution in [0.2, 0.25) is 0 Å². The molecule has 1 aromatic heterocycles. The van der Waals surface area contributed by atoms with Crippen molar-refractivity contribution in [2.45, 2.75) is 90.9 Å². The molecular formula is C36H46N2O7. The van der Waals surface area contributed by atoms with Gasteiger partial charge >= 0.3 is 17.9 Å². The first-order valence-electron chi connectivity index (χ1n) is 16.2. The molecule has 0 unspecified atom stereocenters. The van der Waals surface area contributed by atoms with E-state index in [4.69, 9.17) is 18.9 Å². The van der Waals surface area contributed by atoms with Crippen LogP contribution in [0.3, 0.4) is 0 Å². The highest BCUT2D eigenvalue weighted by molar-refractivity contribution is 5.90. The number of hydrogen-bond acceptors (Lipinski definition) is 9. The number of hydrogen-bond donors (Lipinski definition) is 0. The van der Waals surface area contributed by atoms with Crippen molar-refractivity contribution in [2.75, 3.05) is 19.8 Å². The zero-order valence-electron chi connectivity index (χ0n) is 26.6. The fourth-order valence-electron chi connectivity index (χ4n) is 4.60. The highest BCUT2D eigenvalue weighted by atomic mass is 16.5. The van der Waals surface area contributed by atoms with Crippen molar-refractivity contribution < 1.29 is 33.3 Å². The summed E-state index contributed by atoms with van der Waals surface area (Å²) in [5.74, 6) is -0.465. The number of ether oxygens (including phenoxy) is 4. The number of aromatic nitrogens is 2. The average Bonchev–Trinajstić information content (AvgIpc) is 3.06. The average molecular weight is 619 g/mol. The fraction of sp³-hybridized carbons (Fsp3) is 0.472. The lowest BCUT2D eigenvalue weighted by Gasteiger charge is -2.08. The molecule has 242 valence electrons. The molecule has 0 amide bonds. The first-order valence-corrected chi connectivity index (χ1v) is 16.2. The van der Waals surface area contributed by atoms with E-state index in [9.17, 15) is 14.4 Å². The molecule has 0 saturated carbocycles. The molecule has 3 rings (SSSR count). The third kappa shape index (κ3) is 13.5. The molecule has 0 aliphatic rings. The largest absolute Gasteiger partial charge is 0.494 e. The standard InChI is InChI=1S/C36H46N2O7/c1-3-5-6-7-8-9-10-11-12-13-24-43-30-20-16-28(17-21-30)32-26-38-33(27-37-32)36(41)45-31-22-18-29(19-23-31)35(40)44-25-14-15-34(39)42-4-2/h16-23,26-27H,3-15,24-25H2,1-2H3. The summed E-state index contributed by atoms with van der Waals surface area (Å²) in [7, 11) is 0. The van der Waals surface area contributed by atoms with E-state index in [0.717, 1.165) is 17.7 Å². The molecule has 0 saturated heterocycles. The number of unbranched alkanes of at least 4 members (excludes halogenated alkanes) is 9. The minimum Gasteiger partial charge on any atom is -0.494 e. The second-order valence-corrected chi connectivity index (χ2v) is 10.8. The summed E-state index contributed by atoms with van der Waals surface area (Å²) in [5, 5.41) is 0. The Bertz CT molecular complexity index is 1290. The number of carbonyl (C=O) groups is 3. The summed E-state index contributed by atoms with van der Waals surface area (Å²) >= 11 is 0. The monoisotopic (exact) mass is 618 g/mol. The van der Waals surface area contributed by atoms with Crippen molar-refractivity contribution >= 4 is 17.9 Å². The molecule has 45 heavy (non-hydrogen) atoms. The Labute approximate surface area is 266 Å². The number of esters is 3. The topological polar surface area (TPSA) is 114 Å². The summed E-state index contributed by atoms with van der Waals surface area (Å²) < 4.78 is 21.3. The maximum absolute atomic E-state index is 12.6. The van der Waals surface area contributed by atoms with Crippen LogP contribution in [0, 0.1) is 0 Å². The van der Waals surface area contributed by atoms with E-state index in [-0.39, 0.29) is 30.4 Å². The lowest BCUT2D eigenvalue weighted by atomic mass is 10.1. The third-order valence-corrected chi connectivity index (χ3v) is 7.14. The van der Waals surface area contributed by atoms with Crippen LogP contribution in [-0.2, 0) is 14.3 Å². The van der Waals surface area contributed by atoms with Gasteiger partial charge in [0.05, 0.1) is 43.5 Å². The first-order chi connectivity index (χ1) is 22.0. The van der Waals surface area contributed by atoms with Gasteiger partial charge in [0.15, 0.2) is 5.69 Å². The fourth-order valence-corrected chi connectivity index (χ4v) is 4.60. The van der Waals surface area contributed by atoms with Gasteiger partial charge in [0.1, 0.15) is 11.5 Å². The molecule has 2 aromatic carbocycles. The van der Waals surface area contributed by atoms with E-state index < -0.39 is 11.9 Å². The summed E-state index contributed by atoms with van der Waals surface area (Å²) in [6.07, 6.45) is 16.4. The first kappa shape index (κ1) is 35.2. The summed E-state index contributed by atoms with van der Waals surface area (Å²) in [4.78, 5) is 44.7. The van der Waals surface area contributed by atoms with Gasteiger partial charge in [-0.1, -0.05) is 64.7 Å². The minimum atomic E-state index is -0.668. The Morgan fingerprint density at radius 2 is 1.27 bits per heavy atom. The maximum atomic E-state index is 12.6. The zero-order chi connectivity index (χ0) is 32.1. The quantitative estimate of drug-likeness (QED) is 0.0662. The van der Waals surface area contributed by atoms with Gasteiger partial charge in [-0.2, -0.15) is 0 Å². The van der Waals surface area contributed by atoms with Crippen LogP contribution in [0.1, 0.15) is 112 Å². The number of benzene rings is 2. The van der Waals surface area contributed by atoms with Crippen LogP contribution in [0.4, 0.5) is 0 Å². The third-order valence-electron chi connectivity index (χ3n) is 7.14. The number of carbonyl (C=O) groups excluding carboxylic acids is 3. The van der Waals surface area contributed by atoms with Crippen LogP contribution >= 0.6 is 0 Å². The minimum absolute atomic E-state index is 0.0558. The van der Waals surface area contributed by atoms with E-state index in [1.54, 1.807) is 6.92 Å². The van der Waals surface area contributed by atoms with Gasteiger partial charge in [0.2, 0.25) is 0 Å². The van der Waals surface area contributed by atoms with Crippen molar-refractivity contribution in [1.29, 1.82) is 0 Å². The van der Waals surface area contributed by atoms with Crippen molar-refractivity contribution in [1.82, 2.24) is 9.97 Å². The summed E-state index contributed by atoms with van der Waals surface area (Å²) in [6.45, 7) is 5.11. The summed E-state index contributed by atoms with van der Waals surface area (Å²) in [5.41, 5.74) is 1.83. The molecule has 0 spiro atoms. The van der Waals surface area contributed by atoms with Gasteiger partial charge in [0.25, 0.3) is 0 Å². The van der Waals surface area contributed by atoms with Gasteiger partial charge in [-0.25, -0.2) is 14.6 Å². The second kappa shape index (κ2) is 20.6. The van der Waals surface area contributed by atoms with Crippen LogP contribution in [0.5, 0.6) is 11.5 Å². The Balaban J connectivity index is 1.35. The lowest BCUT2D eigenvalue weighted by Crippen LogP contribution is -2.12. The maximum Gasteiger partial charge on any atom is 0.363 e. The van der Waals surface area contributed by atoms with Gasteiger partial charge in [-0.3, -0.25) is 9.78 Å². The molecule has 9 heteroatoms. The van der Waals surface area contributed by atoms with Gasteiger partial charge in [-0.15, -0.1) is 0 Å². The Morgan fingerprint density at radius 3 is 1.89 bits per heavy atom. The number of rotatable bonds is 21. The molecule has 9 nitrogen and oxygen atoms in total. The van der Waals surface area contributed by atoms with Gasteiger partial charge in [0, 0.05) is 12.0 Å². The molecule has 0 radical (unpaired) electrons. The Kier molecular flexibility index (Phi) is 16.2. The molecule has 1 heterocycles.